The van der Waals surface area contributed by atoms with Gasteiger partial charge in [-0.15, -0.1) is 0 Å². The molecule has 0 atom stereocenters. The molecule has 0 aliphatic heterocycles. The molecule has 0 fully saturated rings. The van der Waals surface area contributed by atoms with Gasteiger partial charge in [-0.1, -0.05) is 24.4 Å². The molecule has 0 amide bonds. The Kier molecular flexibility index (Phi) is 5.25. The van der Waals surface area contributed by atoms with Gasteiger partial charge < -0.3 is 15.2 Å². The number of methoxy groups -OCH3 is 1. The van der Waals surface area contributed by atoms with Crippen LogP contribution in [0.2, 0.25) is 0 Å². The number of rotatable bonds is 6. The molecule has 2 aromatic rings. The van der Waals surface area contributed by atoms with Gasteiger partial charge in [-0.3, -0.25) is 0 Å². The van der Waals surface area contributed by atoms with Crippen LogP contribution >= 0.6 is 12.2 Å². The van der Waals surface area contributed by atoms with Crippen molar-refractivity contribution in [3.8, 4) is 5.75 Å². The second-order valence-corrected chi connectivity index (χ2v) is 4.95. The van der Waals surface area contributed by atoms with Crippen LogP contribution in [0.1, 0.15) is 16.7 Å². The lowest BCUT2D eigenvalue weighted by Crippen LogP contribution is -2.10. The van der Waals surface area contributed by atoms with Crippen LogP contribution < -0.4 is 10.5 Å². The molecule has 5 heteroatoms. The molecular weight excluding hydrogens is 289 g/mol. The van der Waals surface area contributed by atoms with E-state index in [1.165, 1.54) is 6.07 Å². The van der Waals surface area contributed by atoms with E-state index < -0.39 is 0 Å². The van der Waals surface area contributed by atoms with Crippen molar-refractivity contribution in [1.82, 2.24) is 0 Å². The van der Waals surface area contributed by atoms with Crippen LogP contribution in [0.25, 0.3) is 0 Å². The highest BCUT2D eigenvalue weighted by atomic mass is 32.1. The first-order valence-electron chi connectivity index (χ1n) is 6.39. The van der Waals surface area contributed by atoms with E-state index in [1.807, 2.05) is 24.3 Å². The minimum absolute atomic E-state index is 0.152. The van der Waals surface area contributed by atoms with Gasteiger partial charge in [0.05, 0.1) is 20.3 Å². The van der Waals surface area contributed by atoms with Crippen molar-refractivity contribution in [1.29, 1.82) is 0 Å². The SMILES string of the molecule is COc1cccc(COCc2cc(C(N)=S)ccc2F)c1. The Morgan fingerprint density at radius 2 is 2.00 bits per heavy atom. The third-order valence-corrected chi connectivity index (χ3v) is 3.23. The van der Waals surface area contributed by atoms with Crippen molar-refractivity contribution < 1.29 is 13.9 Å². The first-order valence-corrected chi connectivity index (χ1v) is 6.80. The summed E-state index contributed by atoms with van der Waals surface area (Å²) in [5, 5.41) is 0. The predicted octanol–water partition coefficient (Wildman–Crippen LogP) is 3.19. The summed E-state index contributed by atoms with van der Waals surface area (Å²) in [6, 6.07) is 12.1. The largest absolute Gasteiger partial charge is 0.497 e. The lowest BCUT2D eigenvalue weighted by atomic mass is 10.1. The molecule has 0 bridgehead atoms. The van der Waals surface area contributed by atoms with Crippen LogP contribution in [-0.2, 0) is 18.0 Å². The normalized spacial score (nSPS) is 10.4. The van der Waals surface area contributed by atoms with Crippen LogP contribution in [0.15, 0.2) is 42.5 Å². The highest BCUT2D eigenvalue weighted by molar-refractivity contribution is 7.80. The van der Waals surface area contributed by atoms with E-state index in [2.05, 4.69) is 0 Å². The first kappa shape index (κ1) is 15.4. The predicted molar refractivity (Wildman–Crippen MR) is 83.8 cm³/mol. The molecule has 0 aromatic heterocycles. The molecule has 110 valence electrons. The summed E-state index contributed by atoms with van der Waals surface area (Å²) in [4.78, 5) is 0.240. The van der Waals surface area contributed by atoms with Gasteiger partial charge >= 0.3 is 0 Å². The van der Waals surface area contributed by atoms with Crippen LogP contribution in [0.4, 0.5) is 4.39 Å². The van der Waals surface area contributed by atoms with Crippen molar-refractivity contribution >= 4 is 17.2 Å². The van der Waals surface area contributed by atoms with Crippen molar-refractivity contribution in [2.75, 3.05) is 7.11 Å². The van der Waals surface area contributed by atoms with E-state index in [0.717, 1.165) is 11.3 Å². The molecule has 2 N–H and O–H groups in total. The molecule has 21 heavy (non-hydrogen) atoms. The summed E-state index contributed by atoms with van der Waals surface area (Å²) < 4.78 is 24.4. The zero-order valence-corrected chi connectivity index (χ0v) is 12.5. The van der Waals surface area contributed by atoms with Gasteiger partial charge in [0.2, 0.25) is 0 Å². The standard InChI is InChI=1S/C16H16FNO2S/c1-19-14-4-2-3-11(7-14)9-20-10-13-8-12(16(18)21)5-6-15(13)17/h2-8H,9-10H2,1H3,(H2,18,21). The Labute approximate surface area is 128 Å². The van der Waals surface area contributed by atoms with Crippen LogP contribution in [-0.4, -0.2) is 12.1 Å². The van der Waals surface area contributed by atoms with Crippen molar-refractivity contribution in [2.45, 2.75) is 13.2 Å². The number of thiocarbonyl (C=S) groups is 1. The molecule has 0 spiro atoms. The molecule has 0 unspecified atom stereocenters. The fourth-order valence-corrected chi connectivity index (χ4v) is 2.01. The third-order valence-electron chi connectivity index (χ3n) is 2.99. The highest BCUT2D eigenvalue weighted by Gasteiger charge is 2.06. The molecule has 0 saturated heterocycles. The summed E-state index contributed by atoms with van der Waals surface area (Å²) in [5.41, 5.74) is 7.56. The second-order valence-electron chi connectivity index (χ2n) is 4.51. The molecule has 3 nitrogen and oxygen atoms in total. The van der Waals surface area contributed by atoms with Crippen LogP contribution in [0.5, 0.6) is 5.75 Å². The Morgan fingerprint density at radius 3 is 2.71 bits per heavy atom. The zero-order chi connectivity index (χ0) is 15.2. The van der Waals surface area contributed by atoms with Gasteiger partial charge in [-0.25, -0.2) is 4.39 Å². The third kappa shape index (κ3) is 4.24. The fourth-order valence-electron chi connectivity index (χ4n) is 1.88. The van der Waals surface area contributed by atoms with E-state index in [-0.39, 0.29) is 17.4 Å². The first-order chi connectivity index (χ1) is 10.1. The molecular formula is C16H16FNO2S. The molecule has 0 aliphatic rings. The number of nitrogens with two attached hydrogens (primary N) is 1. The molecule has 0 saturated carbocycles. The maximum atomic E-state index is 13.7. The molecule has 0 radical (unpaired) electrons. The zero-order valence-electron chi connectivity index (χ0n) is 11.6. The monoisotopic (exact) mass is 305 g/mol. The van der Waals surface area contributed by atoms with Gasteiger partial charge in [0.25, 0.3) is 0 Å². The average molecular weight is 305 g/mol. The lowest BCUT2D eigenvalue weighted by Gasteiger charge is -2.08. The summed E-state index contributed by atoms with van der Waals surface area (Å²) in [5.74, 6) is 0.429. The number of hydrogen-bond acceptors (Lipinski definition) is 3. The van der Waals surface area contributed by atoms with Crippen molar-refractivity contribution in [3.05, 3.63) is 65.0 Å². The summed E-state index contributed by atoms with van der Waals surface area (Å²) in [6.45, 7) is 0.521. The van der Waals surface area contributed by atoms with Gasteiger partial charge in [-0.2, -0.15) is 0 Å². The highest BCUT2D eigenvalue weighted by Crippen LogP contribution is 2.16. The van der Waals surface area contributed by atoms with Gasteiger partial charge in [0, 0.05) is 11.1 Å². The minimum atomic E-state index is -0.333. The van der Waals surface area contributed by atoms with E-state index in [9.17, 15) is 4.39 Å². The number of halogens is 1. The topological polar surface area (TPSA) is 44.5 Å². The Balaban J connectivity index is 1.99. The molecule has 0 aliphatic carbocycles. The van der Waals surface area contributed by atoms with Crippen molar-refractivity contribution in [3.63, 3.8) is 0 Å². The van der Waals surface area contributed by atoms with Gasteiger partial charge in [0.1, 0.15) is 16.6 Å². The Hall–Kier alpha value is -1.98. The molecule has 2 aromatic carbocycles. The van der Waals surface area contributed by atoms with Gasteiger partial charge in [0.15, 0.2) is 0 Å². The van der Waals surface area contributed by atoms with Crippen molar-refractivity contribution in [2.24, 2.45) is 5.73 Å². The van der Waals surface area contributed by atoms with Crippen LogP contribution in [0, 0.1) is 5.82 Å². The Bertz CT molecular complexity index is 646. The van der Waals surface area contributed by atoms with Crippen LogP contribution in [0.3, 0.4) is 0 Å². The summed E-state index contributed by atoms with van der Waals surface area (Å²) in [6.07, 6.45) is 0. The quantitative estimate of drug-likeness (QED) is 0.833. The fraction of sp³-hybridized carbons (Fsp3) is 0.188. The number of ether oxygens (including phenoxy) is 2. The second kappa shape index (κ2) is 7.15. The van der Waals surface area contributed by atoms with Gasteiger partial charge in [-0.05, 0) is 35.9 Å². The number of hydrogen-bond donors (Lipinski definition) is 1. The number of benzene rings is 2. The molecule has 2 rings (SSSR count). The Morgan fingerprint density at radius 1 is 1.19 bits per heavy atom. The lowest BCUT2D eigenvalue weighted by molar-refractivity contribution is 0.104. The molecule has 0 heterocycles. The average Bonchev–Trinajstić information content (AvgIpc) is 2.49. The summed E-state index contributed by atoms with van der Waals surface area (Å²) in [7, 11) is 1.61. The maximum Gasteiger partial charge on any atom is 0.128 e. The minimum Gasteiger partial charge on any atom is -0.497 e. The smallest absolute Gasteiger partial charge is 0.128 e. The summed E-state index contributed by atoms with van der Waals surface area (Å²) >= 11 is 4.88. The van der Waals surface area contributed by atoms with E-state index in [1.54, 1.807) is 19.2 Å². The maximum absolute atomic E-state index is 13.7. The van der Waals surface area contributed by atoms with E-state index in [0.29, 0.717) is 17.7 Å². The van der Waals surface area contributed by atoms with E-state index >= 15 is 0 Å². The van der Waals surface area contributed by atoms with E-state index in [4.69, 9.17) is 27.4 Å².